The van der Waals surface area contributed by atoms with Gasteiger partial charge in [0.25, 0.3) is 0 Å². The lowest BCUT2D eigenvalue weighted by Crippen LogP contribution is -2.68. The van der Waals surface area contributed by atoms with Crippen molar-refractivity contribution in [1.82, 2.24) is 29.5 Å². The molecule has 0 spiro atoms. The summed E-state index contributed by atoms with van der Waals surface area (Å²) >= 11 is 0. The van der Waals surface area contributed by atoms with Crippen LogP contribution < -0.4 is 14.4 Å². The first-order valence-electron chi connectivity index (χ1n) is 15.5. The zero-order valence-electron chi connectivity index (χ0n) is 24.5. The van der Waals surface area contributed by atoms with Gasteiger partial charge in [0.1, 0.15) is 17.6 Å². The predicted molar refractivity (Wildman–Crippen MR) is 161 cm³/mol. The maximum atomic E-state index is 9.79. The molecule has 3 unspecified atom stereocenters. The largest absolute Gasteiger partial charge is 0.492 e. The van der Waals surface area contributed by atoms with Crippen LogP contribution in [0.2, 0.25) is 0 Å². The third-order valence-corrected chi connectivity index (χ3v) is 10.1. The molecule has 4 aromatic rings. The van der Waals surface area contributed by atoms with E-state index in [2.05, 4.69) is 32.0 Å². The van der Waals surface area contributed by atoms with Crippen LogP contribution in [0.1, 0.15) is 49.7 Å². The highest BCUT2D eigenvalue weighted by atomic mass is 16.5. The molecule has 3 aliphatic heterocycles. The minimum Gasteiger partial charge on any atom is -0.492 e. The number of fused-ring (bicyclic) bond motifs is 5. The smallest absolute Gasteiger partial charge is 0.212 e. The van der Waals surface area contributed by atoms with E-state index in [1.165, 1.54) is 44.1 Å². The average Bonchev–Trinajstić information content (AvgIpc) is 3.64. The molecule has 2 saturated carbocycles. The molecule has 4 bridgehead atoms. The Balaban J connectivity index is 0.977. The van der Waals surface area contributed by atoms with E-state index >= 15 is 0 Å². The highest BCUT2D eigenvalue weighted by molar-refractivity contribution is 5.83. The first kappa shape index (κ1) is 26.4. The number of hydrogen-bond acceptors (Lipinski definition) is 9. The number of hydrogen-bond donors (Lipinski definition) is 0. The maximum Gasteiger partial charge on any atom is 0.212 e. The Morgan fingerprint density at radius 3 is 2.49 bits per heavy atom. The number of aromatic nitrogens is 5. The molecule has 43 heavy (non-hydrogen) atoms. The molecule has 3 saturated heterocycles. The quantitative estimate of drug-likeness (QED) is 0.294. The van der Waals surface area contributed by atoms with E-state index in [9.17, 15) is 5.26 Å². The fraction of sp³-hybridized carbons (Fsp3) is 0.485. The van der Waals surface area contributed by atoms with Crippen molar-refractivity contribution in [2.45, 2.75) is 57.2 Å². The summed E-state index contributed by atoms with van der Waals surface area (Å²) in [6.07, 6.45) is 17.0. The lowest BCUT2D eigenvalue weighted by atomic mass is 9.81. The van der Waals surface area contributed by atoms with Gasteiger partial charge in [0.05, 0.1) is 55.3 Å². The third kappa shape index (κ3) is 4.95. The number of pyridine rings is 2. The Bertz CT molecular complexity index is 1640. The van der Waals surface area contributed by atoms with Crippen LogP contribution in [0.4, 0.5) is 5.82 Å². The Morgan fingerprint density at radius 2 is 1.79 bits per heavy atom. The van der Waals surface area contributed by atoms with Gasteiger partial charge in [0.2, 0.25) is 5.88 Å². The third-order valence-electron chi connectivity index (χ3n) is 10.1. The normalized spacial score (nSPS) is 26.2. The number of piperidine rings is 1. The van der Waals surface area contributed by atoms with E-state index in [0.717, 1.165) is 60.7 Å². The summed E-state index contributed by atoms with van der Waals surface area (Å²) in [5, 5.41) is 14.2. The van der Waals surface area contributed by atoms with Gasteiger partial charge < -0.3 is 14.4 Å². The molecule has 7 heterocycles. The average molecular weight is 577 g/mol. The second kappa shape index (κ2) is 10.8. The van der Waals surface area contributed by atoms with Crippen LogP contribution in [-0.2, 0) is 6.54 Å². The highest BCUT2D eigenvalue weighted by Crippen LogP contribution is 2.45. The minimum absolute atomic E-state index is 0.486. The summed E-state index contributed by atoms with van der Waals surface area (Å²) in [6, 6.07) is 9.28. The summed E-state index contributed by atoms with van der Waals surface area (Å²) in [6.45, 7) is 3.46. The summed E-state index contributed by atoms with van der Waals surface area (Å²) in [5.41, 5.74) is 3.97. The number of ether oxygens (including phenoxy) is 2. The van der Waals surface area contributed by atoms with Gasteiger partial charge in [-0.05, 0) is 55.1 Å². The number of methoxy groups -OCH3 is 1. The van der Waals surface area contributed by atoms with E-state index in [4.69, 9.17) is 19.4 Å². The van der Waals surface area contributed by atoms with Crippen LogP contribution in [0.5, 0.6) is 11.6 Å². The highest BCUT2D eigenvalue weighted by Gasteiger charge is 2.44. The standard InChI is InChI=1S/C33H36N8O2/c1-42-32-5-4-23(12-37-32)16-40-26-9-27(40)18-39(17-26)31-15-35-30(14-36-31)29-10-28(19-41-33(29)25(11-34)13-38-41)43-20-24-7-21-2-3-22(6-21)8-24/h4-5,10,12-15,19,21-22,24,26-27H,2-3,6-9,16-18,20H2,1H3/t21-,22+,24?,26?,27?. The van der Waals surface area contributed by atoms with Crippen LogP contribution in [0.3, 0.4) is 0 Å². The van der Waals surface area contributed by atoms with E-state index in [1.807, 2.05) is 36.9 Å². The predicted octanol–water partition coefficient (Wildman–Crippen LogP) is 4.73. The van der Waals surface area contributed by atoms with Gasteiger partial charge in [-0.1, -0.05) is 18.9 Å². The van der Waals surface area contributed by atoms with Gasteiger partial charge in [0.15, 0.2) is 0 Å². The molecule has 10 nitrogen and oxygen atoms in total. The molecule has 5 atom stereocenters. The molecule has 220 valence electrons. The van der Waals surface area contributed by atoms with Crippen LogP contribution >= 0.6 is 0 Å². The molecular formula is C33H36N8O2. The molecule has 0 aromatic carbocycles. The summed E-state index contributed by atoms with van der Waals surface area (Å²) in [5.74, 6) is 4.64. The Morgan fingerprint density at radius 1 is 0.953 bits per heavy atom. The molecular weight excluding hydrogens is 540 g/mol. The second-order valence-corrected chi connectivity index (χ2v) is 12.8. The van der Waals surface area contributed by atoms with Crippen molar-refractivity contribution in [2.75, 3.05) is 31.7 Å². The topological polar surface area (TPSA) is 105 Å². The van der Waals surface area contributed by atoms with Gasteiger partial charge in [-0.2, -0.15) is 10.4 Å². The molecule has 10 heteroatoms. The molecule has 5 aliphatic rings. The lowest BCUT2D eigenvalue weighted by molar-refractivity contribution is -0.00879. The summed E-state index contributed by atoms with van der Waals surface area (Å²) < 4.78 is 13.3. The van der Waals surface area contributed by atoms with E-state index in [0.29, 0.717) is 35.1 Å². The van der Waals surface area contributed by atoms with Crippen LogP contribution in [-0.4, -0.2) is 68.4 Å². The summed E-state index contributed by atoms with van der Waals surface area (Å²) in [4.78, 5) is 19.0. The lowest BCUT2D eigenvalue weighted by Gasteiger charge is -2.56. The van der Waals surface area contributed by atoms with Crippen molar-refractivity contribution in [3.8, 4) is 29.0 Å². The molecule has 4 aromatic heterocycles. The Labute approximate surface area is 251 Å². The summed E-state index contributed by atoms with van der Waals surface area (Å²) in [7, 11) is 1.64. The number of anilines is 1. The van der Waals surface area contributed by atoms with Crippen LogP contribution in [0, 0.1) is 29.1 Å². The number of nitrogens with zero attached hydrogens (tertiary/aromatic N) is 8. The molecule has 0 radical (unpaired) electrons. The van der Waals surface area contributed by atoms with Gasteiger partial charge >= 0.3 is 0 Å². The molecule has 5 fully saturated rings. The Hall–Kier alpha value is -4.23. The maximum absolute atomic E-state index is 9.79. The van der Waals surface area contributed by atoms with E-state index in [-0.39, 0.29) is 0 Å². The monoisotopic (exact) mass is 576 g/mol. The van der Waals surface area contributed by atoms with Crippen molar-refractivity contribution in [2.24, 2.45) is 17.8 Å². The fourth-order valence-corrected chi connectivity index (χ4v) is 8.04. The van der Waals surface area contributed by atoms with Gasteiger partial charge in [-0.15, -0.1) is 0 Å². The fourth-order valence-electron chi connectivity index (χ4n) is 8.04. The van der Waals surface area contributed by atoms with Crippen molar-refractivity contribution in [3.63, 3.8) is 0 Å². The first-order chi connectivity index (χ1) is 21.1. The van der Waals surface area contributed by atoms with Gasteiger partial charge in [-0.25, -0.2) is 14.5 Å². The van der Waals surface area contributed by atoms with Crippen molar-refractivity contribution >= 4 is 11.3 Å². The van der Waals surface area contributed by atoms with E-state index in [1.54, 1.807) is 17.8 Å². The van der Waals surface area contributed by atoms with Crippen LogP contribution in [0.15, 0.2) is 49.2 Å². The molecule has 0 N–H and O–H groups in total. The first-order valence-corrected chi connectivity index (χ1v) is 15.5. The van der Waals surface area contributed by atoms with Crippen molar-refractivity contribution in [1.29, 1.82) is 5.26 Å². The second-order valence-electron chi connectivity index (χ2n) is 12.8. The zero-order valence-corrected chi connectivity index (χ0v) is 24.5. The van der Waals surface area contributed by atoms with Crippen molar-refractivity contribution in [3.05, 3.63) is 60.3 Å². The number of rotatable bonds is 8. The van der Waals surface area contributed by atoms with Gasteiger partial charge in [0, 0.05) is 49.5 Å². The van der Waals surface area contributed by atoms with E-state index < -0.39 is 0 Å². The molecule has 9 rings (SSSR count). The Kier molecular flexibility index (Phi) is 6.63. The zero-order chi connectivity index (χ0) is 28.9. The van der Waals surface area contributed by atoms with Crippen molar-refractivity contribution < 1.29 is 9.47 Å². The van der Waals surface area contributed by atoms with Crippen LogP contribution in [0.25, 0.3) is 16.8 Å². The number of piperazine rings is 1. The number of nitriles is 1. The SMILES string of the molecule is COc1ccc(CN2C3CC2CN(c2cnc(-c4cc(OCC5C[C@H]6CC[C@@H](C5)C6)cn5ncc(C#N)c45)cn2)C3)cn1. The molecule has 2 aliphatic carbocycles. The molecule has 0 amide bonds. The minimum atomic E-state index is 0.486. The van der Waals surface area contributed by atoms with Gasteiger partial charge in [-0.3, -0.25) is 9.88 Å².